The molecule has 0 spiro atoms. The van der Waals surface area contributed by atoms with Crippen LogP contribution in [0.25, 0.3) is 0 Å². The van der Waals surface area contributed by atoms with Crippen molar-refractivity contribution < 1.29 is 9.53 Å². The fraction of sp³-hybridized carbons (Fsp3) is 0.391. The molecule has 0 aromatic heterocycles. The Bertz CT molecular complexity index is 855. The van der Waals surface area contributed by atoms with Gasteiger partial charge in [-0.05, 0) is 71.2 Å². The summed E-state index contributed by atoms with van der Waals surface area (Å²) < 4.78 is 6.39. The number of hydrogen-bond donors (Lipinski definition) is 2. The van der Waals surface area contributed by atoms with E-state index in [1.807, 2.05) is 6.07 Å². The largest absolute Gasteiger partial charge is 0.492 e. The number of amides is 1. The number of carbonyl (C=O) groups is 1. The summed E-state index contributed by atoms with van der Waals surface area (Å²) >= 11 is 8.83. The fourth-order valence-corrected chi connectivity index (χ4v) is 4.20. The van der Waals surface area contributed by atoms with E-state index in [9.17, 15) is 4.79 Å². The second-order valence-corrected chi connectivity index (χ2v) is 8.72. The lowest BCUT2D eigenvalue weighted by molar-refractivity contribution is 0.0976. The summed E-state index contributed by atoms with van der Waals surface area (Å²) in [5.41, 5.74) is 1.87. The number of thiocarbonyl (C=S) groups is 1. The predicted octanol–water partition coefficient (Wildman–Crippen LogP) is 4.51. The van der Waals surface area contributed by atoms with Crippen molar-refractivity contribution in [3.05, 3.63) is 64.1 Å². The van der Waals surface area contributed by atoms with Crippen molar-refractivity contribution in [2.75, 3.05) is 19.7 Å². The van der Waals surface area contributed by atoms with Crippen molar-refractivity contribution in [1.29, 1.82) is 0 Å². The van der Waals surface area contributed by atoms with E-state index in [2.05, 4.69) is 62.7 Å². The lowest BCUT2D eigenvalue weighted by Gasteiger charge is -2.32. The van der Waals surface area contributed by atoms with Gasteiger partial charge in [0.15, 0.2) is 5.11 Å². The molecule has 1 aliphatic rings. The van der Waals surface area contributed by atoms with Crippen LogP contribution in [0.1, 0.15) is 42.1 Å². The number of ether oxygens (including phenoxy) is 1. The van der Waals surface area contributed by atoms with Crippen molar-refractivity contribution in [2.24, 2.45) is 0 Å². The molecule has 0 aliphatic carbocycles. The number of hydrogen-bond acceptors (Lipinski definition) is 4. The van der Waals surface area contributed by atoms with E-state index in [0.29, 0.717) is 17.3 Å². The molecule has 0 bridgehead atoms. The van der Waals surface area contributed by atoms with Crippen molar-refractivity contribution in [1.82, 2.24) is 15.5 Å². The number of benzene rings is 2. The molecule has 0 unspecified atom stereocenters. The van der Waals surface area contributed by atoms with Crippen LogP contribution in [0.3, 0.4) is 0 Å². The van der Waals surface area contributed by atoms with E-state index in [-0.39, 0.29) is 11.9 Å². The molecule has 160 valence electrons. The van der Waals surface area contributed by atoms with Gasteiger partial charge in [-0.15, -0.1) is 0 Å². The van der Waals surface area contributed by atoms with E-state index in [1.54, 1.807) is 18.2 Å². The third-order valence-electron chi connectivity index (χ3n) is 5.05. The molecule has 1 amide bonds. The summed E-state index contributed by atoms with van der Waals surface area (Å²) in [6.07, 6.45) is 2.93. The molecule has 2 aromatic carbocycles. The lowest BCUT2D eigenvalue weighted by atomic mass is 10.0. The molecule has 2 aromatic rings. The average molecular weight is 490 g/mol. The zero-order valence-corrected chi connectivity index (χ0v) is 19.6. The van der Waals surface area contributed by atoms with Crippen LogP contribution in [0.15, 0.2) is 53.0 Å². The first-order valence-electron chi connectivity index (χ1n) is 10.4. The second-order valence-electron chi connectivity index (χ2n) is 7.46. The van der Waals surface area contributed by atoms with Crippen LogP contribution in [0, 0.1) is 0 Å². The summed E-state index contributed by atoms with van der Waals surface area (Å²) in [5, 5.41) is 6.46. The Kier molecular flexibility index (Phi) is 8.66. The second kappa shape index (κ2) is 11.4. The first-order valence-corrected chi connectivity index (χ1v) is 11.6. The third kappa shape index (κ3) is 6.79. The number of nitrogens with zero attached hydrogens (tertiary/aromatic N) is 1. The molecular formula is C23H28BrN3O2S. The summed E-state index contributed by atoms with van der Waals surface area (Å²) in [7, 11) is 0. The molecule has 5 nitrogen and oxygen atoms in total. The van der Waals surface area contributed by atoms with Gasteiger partial charge in [-0.25, -0.2) is 0 Å². The number of likely N-dealkylation sites (tertiary alicyclic amines) is 1. The average Bonchev–Trinajstić information content (AvgIpc) is 2.75. The van der Waals surface area contributed by atoms with E-state index < -0.39 is 0 Å². The number of nitrogens with one attached hydrogen (secondary N) is 2. The molecule has 0 atom stereocenters. The lowest BCUT2D eigenvalue weighted by Crippen LogP contribution is -2.48. The Balaban J connectivity index is 1.43. The summed E-state index contributed by atoms with van der Waals surface area (Å²) in [6.45, 7) is 5.69. The van der Waals surface area contributed by atoms with Crippen LogP contribution in [0.4, 0.5) is 0 Å². The Hall–Kier alpha value is -1.96. The van der Waals surface area contributed by atoms with Gasteiger partial charge in [0.25, 0.3) is 5.91 Å². The summed E-state index contributed by atoms with van der Waals surface area (Å²) in [4.78, 5) is 15.0. The minimum atomic E-state index is -0.225. The van der Waals surface area contributed by atoms with Crippen molar-refractivity contribution in [3.8, 4) is 5.75 Å². The van der Waals surface area contributed by atoms with Gasteiger partial charge in [-0.1, -0.05) is 37.3 Å². The van der Waals surface area contributed by atoms with E-state index in [1.165, 1.54) is 5.56 Å². The van der Waals surface area contributed by atoms with Crippen LogP contribution >= 0.6 is 28.1 Å². The monoisotopic (exact) mass is 489 g/mol. The van der Waals surface area contributed by atoms with Crippen molar-refractivity contribution in [2.45, 2.75) is 38.8 Å². The van der Waals surface area contributed by atoms with Gasteiger partial charge in [-0.2, -0.15) is 0 Å². The first-order chi connectivity index (χ1) is 14.5. The van der Waals surface area contributed by atoms with Gasteiger partial charge in [-0.3, -0.25) is 15.0 Å². The fourth-order valence-electron chi connectivity index (χ4n) is 3.44. The van der Waals surface area contributed by atoms with Crippen molar-refractivity contribution >= 4 is 39.2 Å². The van der Waals surface area contributed by atoms with Gasteiger partial charge in [0.1, 0.15) is 5.75 Å². The van der Waals surface area contributed by atoms with E-state index >= 15 is 0 Å². The molecule has 1 heterocycles. The summed E-state index contributed by atoms with van der Waals surface area (Å²) in [6, 6.07) is 16.1. The van der Waals surface area contributed by atoms with E-state index in [4.69, 9.17) is 17.0 Å². The van der Waals surface area contributed by atoms with Crippen LogP contribution in [0.5, 0.6) is 5.75 Å². The quantitative estimate of drug-likeness (QED) is 0.560. The number of halogens is 1. The SMILES string of the molecule is CCCOc1ccc(C(=O)NC(=S)NC2CCN(Cc3ccccc3)CC2)cc1Br. The minimum absolute atomic E-state index is 0.225. The van der Waals surface area contributed by atoms with Crippen LogP contribution in [-0.2, 0) is 6.54 Å². The molecule has 0 saturated carbocycles. The molecule has 2 N–H and O–H groups in total. The maximum Gasteiger partial charge on any atom is 0.257 e. The van der Waals surface area contributed by atoms with Gasteiger partial charge < -0.3 is 10.1 Å². The highest BCUT2D eigenvalue weighted by molar-refractivity contribution is 9.10. The standard InChI is InChI=1S/C23H28BrN3O2S/c1-2-14-29-21-9-8-18(15-20(21)24)22(28)26-23(30)25-19-10-12-27(13-11-19)16-17-6-4-3-5-7-17/h3-9,15,19H,2,10-14,16H2,1H3,(H2,25,26,28,30). The highest BCUT2D eigenvalue weighted by Gasteiger charge is 2.20. The Labute approximate surface area is 192 Å². The number of piperidine rings is 1. The topological polar surface area (TPSA) is 53.6 Å². The van der Waals surface area contributed by atoms with Gasteiger partial charge in [0.2, 0.25) is 0 Å². The van der Waals surface area contributed by atoms with Crippen LogP contribution < -0.4 is 15.4 Å². The summed E-state index contributed by atoms with van der Waals surface area (Å²) in [5.74, 6) is 0.508. The Morgan fingerprint density at radius 3 is 2.60 bits per heavy atom. The van der Waals surface area contributed by atoms with E-state index in [0.717, 1.165) is 49.1 Å². The minimum Gasteiger partial charge on any atom is -0.492 e. The van der Waals surface area contributed by atoms with Crippen LogP contribution in [-0.4, -0.2) is 41.7 Å². The predicted molar refractivity (Wildman–Crippen MR) is 128 cm³/mol. The first kappa shape index (κ1) is 22.7. The van der Waals surface area contributed by atoms with Gasteiger partial charge >= 0.3 is 0 Å². The maximum atomic E-state index is 12.5. The molecule has 1 aliphatic heterocycles. The maximum absolute atomic E-state index is 12.5. The molecular weight excluding hydrogens is 462 g/mol. The smallest absolute Gasteiger partial charge is 0.257 e. The van der Waals surface area contributed by atoms with Gasteiger partial charge in [0.05, 0.1) is 11.1 Å². The van der Waals surface area contributed by atoms with Crippen LogP contribution in [0.2, 0.25) is 0 Å². The Morgan fingerprint density at radius 2 is 1.93 bits per heavy atom. The number of rotatable bonds is 7. The van der Waals surface area contributed by atoms with Gasteiger partial charge in [0, 0.05) is 31.2 Å². The highest BCUT2D eigenvalue weighted by Crippen LogP contribution is 2.26. The number of carbonyl (C=O) groups excluding carboxylic acids is 1. The molecule has 3 rings (SSSR count). The van der Waals surface area contributed by atoms with Crippen molar-refractivity contribution in [3.63, 3.8) is 0 Å². The highest BCUT2D eigenvalue weighted by atomic mass is 79.9. The third-order valence-corrected chi connectivity index (χ3v) is 5.89. The Morgan fingerprint density at radius 1 is 1.20 bits per heavy atom. The normalized spacial score (nSPS) is 14.9. The molecule has 1 fully saturated rings. The zero-order chi connectivity index (χ0) is 21.3. The molecule has 30 heavy (non-hydrogen) atoms. The molecule has 1 saturated heterocycles. The molecule has 7 heteroatoms. The zero-order valence-electron chi connectivity index (χ0n) is 17.2. The molecule has 0 radical (unpaired) electrons.